The third kappa shape index (κ3) is 2.76. The summed E-state index contributed by atoms with van der Waals surface area (Å²) in [6, 6.07) is 6.05. The number of rotatable bonds is 3. The lowest BCUT2D eigenvalue weighted by atomic mass is 10.1. The quantitative estimate of drug-likeness (QED) is 0.851. The van der Waals surface area contributed by atoms with E-state index in [0.717, 1.165) is 31.9 Å². The van der Waals surface area contributed by atoms with Crippen molar-refractivity contribution in [3.8, 4) is 5.75 Å². The Morgan fingerprint density at radius 2 is 1.83 bits per heavy atom. The van der Waals surface area contributed by atoms with Crippen LogP contribution in [-0.2, 0) is 6.61 Å². The normalized spacial score (nSPS) is 17.4. The highest BCUT2D eigenvalue weighted by Gasteiger charge is 2.19. The molecule has 1 aliphatic rings. The van der Waals surface area contributed by atoms with E-state index in [9.17, 15) is 5.11 Å². The van der Waals surface area contributed by atoms with E-state index >= 15 is 0 Å². The Kier molecular flexibility index (Phi) is 4.09. The predicted molar refractivity (Wildman–Crippen MR) is 73.0 cm³/mol. The second kappa shape index (κ2) is 5.59. The summed E-state index contributed by atoms with van der Waals surface area (Å²) in [5.41, 5.74) is 1.68. The average molecular weight is 250 g/mol. The number of hydrogen-bond donors (Lipinski definition) is 2. The zero-order chi connectivity index (χ0) is 13.1. The average Bonchev–Trinajstić information content (AvgIpc) is 2.39. The molecular formula is C14H22N2O2. The molecule has 2 N–H and O–H groups in total. The highest BCUT2D eigenvalue weighted by Crippen LogP contribution is 2.25. The third-order valence-corrected chi connectivity index (χ3v) is 3.64. The molecule has 0 aliphatic carbocycles. The van der Waals surface area contributed by atoms with E-state index in [4.69, 9.17) is 5.11 Å². The van der Waals surface area contributed by atoms with E-state index in [1.807, 2.05) is 12.1 Å². The van der Waals surface area contributed by atoms with Gasteiger partial charge in [-0.05, 0) is 32.0 Å². The van der Waals surface area contributed by atoms with Crippen LogP contribution in [-0.4, -0.2) is 47.3 Å². The van der Waals surface area contributed by atoms with Crippen LogP contribution in [0.25, 0.3) is 0 Å². The third-order valence-electron chi connectivity index (χ3n) is 3.64. The molecule has 0 spiro atoms. The number of benzene rings is 1. The molecule has 4 nitrogen and oxygen atoms in total. The molecule has 1 fully saturated rings. The Bertz CT molecular complexity index is 399. The van der Waals surface area contributed by atoms with Crippen molar-refractivity contribution in [1.29, 1.82) is 0 Å². The maximum atomic E-state index is 9.56. The van der Waals surface area contributed by atoms with Crippen molar-refractivity contribution in [1.82, 2.24) is 4.90 Å². The Morgan fingerprint density at radius 1 is 1.17 bits per heavy atom. The fraction of sp³-hybridized carbons (Fsp3) is 0.571. The molecule has 1 aliphatic heterocycles. The lowest BCUT2D eigenvalue weighted by molar-refractivity contribution is 0.209. The second-order valence-electron chi connectivity index (χ2n) is 5.09. The molecule has 1 heterocycles. The summed E-state index contributed by atoms with van der Waals surface area (Å²) in [4.78, 5) is 4.77. The molecule has 1 aromatic rings. The van der Waals surface area contributed by atoms with Crippen LogP contribution in [0.1, 0.15) is 19.4 Å². The first-order valence-electron chi connectivity index (χ1n) is 6.53. The zero-order valence-corrected chi connectivity index (χ0v) is 11.1. The van der Waals surface area contributed by atoms with Gasteiger partial charge in [0.15, 0.2) is 0 Å². The van der Waals surface area contributed by atoms with Gasteiger partial charge in [0, 0.05) is 43.5 Å². The highest BCUT2D eigenvalue weighted by atomic mass is 16.3. The van der Waals surface area contributed by atoms with Crippen LogP contribution in [0.5, 0.6) is 5.75 Å². The molecule has 100 valence electrons. The largest absolute Gasteiger partial charge is 0.508 e. The molecule has 0 atom stereocenters. The molecule has 1 saturated heterocycles. The van der Waals surface area contributed by atoms with E-state index in [-0.39, 0.29) is 12.4 Å². The van der Waals surface area contributed by atoms with Crippen molar-refractivity contribution in [2.45, 2.75) is 26.5 Å². The molecule has 0 amide bonds. The van der Waals surface area contributed by atoms with E-state index < -0.39 is 0 Å². The summed E-state index contributed by atoms with van der Waals surface area (Å²) >= 11 is 0. The maximum Gasteiger partial charge on any atom is 0.121 e. The van der Waals surface area contributed by atoms with E-state index in [1.165, 1.54) is 0 Å². The maximum absolute atomic E-state index is 9.56. The lowest BCUT2D eigenvalue weighted by Gasteiger charge is -2.38. The summed E-state index contributed by atoms with van der Waals surface area (Å²) in [6.45, 7) is 8.44. The van der Waals surface area contributed by atoms with E-state index in [2.05, 4.69) is 23.6 Å². The predicted octanol–water partition coefficient (Wildman–Crippen LogP) is 1.41. The van der Waals surface area contributed by atoms with Crippen molar-refractivity contribution in [3.05, 3.63) is 23.8 Å². The number of piperazine rings is 1. The minimum absolute atomic E-state index is 0.119. The van der Waals surface area contributed by atoms with Gasteiger partial charge in [-0.15, -0.1) is 0 Å². The summed E-state index contributed by atoms with van der Waals surface area (Å²) in [5.74, 6) is 0.169. The minimum atomic E-state index is -0.119. The molecule has 1 aromatic carbocycles. The first-order valence-corrected chi connectivity index (χ1v) is 6.53. The monoisotopic (exact) mass is 250 g/mol. The van der Waals surface area contributed by atoms with Gasteiger partial charge >= 0.3 is 0 Å². The second-order valence-corrected chi connectivity index (χ2v) is 5.09. The summed E-state index contributed by atoms with van der Waals surface area (Å²) < 4.78 is 0. The smallest absolute Gasteiger partial charge is 0.121 e. The minimum Gasteiger partial charge on any atom is -0.508 e. The van der Waals surface area contributed by atoms with Gasteiger partial charge < -0.3 is 15.1 Å². The van der Waals surface area contributed by atoms with Crippen molar-refractivity contribution in [2.75, 3.05) is 31.1 Å². The first-order chi connectivity index (χ1) is 8.61. The van der Waals surface area contributed by atoms with Gasteiger partial charge in [-0.2, -0.15) is 0 Å². The lowest BCUT2D eigenvalue weighted by Crippen LogP contribution is -2.48. The van der Waals surface area contributed by atoms with Crippen molar-refractivity contribution < 1.29 is 10.2 Å². The van der Waals surface area contributed by atoms with Crippen LogP contribution in [0.15, 0.2) is 18.2 Å². The number of aliphatic hydroxyl groups excluding tert-OH is 1. The van der Waals surface area contributed by atoms with Crippen LogP contribution in [0.4, 0.5) is 5.69 Å². The Morgan fingerprint density at radius 3 is 2.39 bits per heavy atom. The van der Waals surface area contributed by atoms with Gasteiger partial charge in [-0.3, -0.25) is 4.90 Å². The van der Waals surface area contributed by atoms with E-state index in [0.29, 0.717) is 11.6 Å². The van der Waals surface area contributed by atoms with Gasteiger partial charge in [0.05, 0.1) is 6.61 Å². The van der Waals surface area contributed by atoms with Crippen LogP contribution in [0.2, 0.25) is 0 Å². The summed E-state index contributed by atoms with van der Waals surface area (Å²) in [7, 11) is 0. The van der Waals surface area contributed by atoms with Crippen molar-refractivity contribution >= 4 is 5.69 Å². The number of nitrogens with zero attached hydrogens (tertiary/aromatic N) is 2. The standard InChI is InChI=1S/C14H22N2O2/c1-11(2)15-5-7-16(8-6-15)13-3-4-14(18)12(9-13)10-17/h3-4,9,11,17-18H,5-8,10H2,1-2H3. The van der Waals surface area contributed by atoms with Gasteiger partial charge in [0.25, 0.3) is 0 Å². The SMILES string of the molecule is CC(C)N1CCN(c2ccc(O)c(CO)c2)CC1. The van der Waals surface area contributed by atoms with Gasteiger partial charge in [0.1, 0.15) is 5.75 Å². The molecule has 0 saturated carbocycles. The van der Waals surface area contributed by atoms with E-state index in [1.54, 1.807) is 6.07 Å². The van der Waals surface area contributed by atoms with Crippen molar-refractivity contribution in [3.63, 3.8) is 0 Å². The molecule has 18 heavy (non-hydrogen) atoms. The van der Waals surface area contributed by atoms with Crippen LogP contribution in [0.3, 0.4) is 0 Å². The molecule has 0 bridgehead atoms. The van der Waals surface area contributed by atoms with Gasteiger partial charge in [-0.1, -0.05) is 0 Å². The number of hydrogen-bond acceptors (Lipinski definition) is 4. The number of aromatic hydroxyl groups is 1. The van der Waals surface area contributed by atoms with Crippen molar-refractivity contribution in [2.24, 2.45) is 0 Å². The Hall–Kier alpha value is -1.26. The van der Waals surface area contributed by atoms with Crippen LogP contribution < -0.4 is 4.90 Å². The molecular weight excluding hydrogens is 228 g/mol. The molecule has 0 unspecified atom stereocenters. The summed E-state index contributed by atoms with van der Waals surface area (Å²) in [5, 5.41) is 18.7. The highest BCUT2D eigenvalue weighted by molar-refractivity contribution is 5.53. The van der Waals surface area contributed by atoms with Crippen LogP contribution in [0, 0.1) is 0 Å². The first kappa shape index (κ1) is 13.2. The molecule has 2 rings (SSSR count). The zero-order valence-electron chi connectivity index (χ0n) is 11.1. The summed E-state index contributed by atoms with van der Waals surface area (Å²) in [6.07, 6.45) is 0. The molecule has 0 radical (unpaired) electrons. The molecule has 0 aromatic heterocycles. The van der Waals surface area contributed by atoms with Gasteiger partial charge in [0.2, 0.25) is 0 Å². The fourth-order valence-electron chi connectivity index (χ4n) is 2.39. The Labute approximate surface area is 108 Å². The number of phenols is 1. The Balaban J connectivity index is 2.05. The topological polar surface area (TPSA) is 46.9 Å². The fourth-order valence-corrected chi connectivity index (χ4v) is 2.39. The number of anilines is 1. The molecule has 4 heteroatoms. The number of aliphatic hydroxyl groups is 1. The van der Waals surface area contributed by atoms with Gasteiger partial charge in [-0.25, -0.2) is 0 Å². The van der Waals surface area contributed by atoms with Crippen LogP contribution >= 0.6 is 0 Å².